The van der Waals surface area contributed by atoms with Gasteiger partial charge in [-0.1, -0.05) is 51.1 Å². The molecule has 0 saturated heterocycles. The van der Waals surface area contributed by atoms with Gasteiger partial charge in [0, 0.05) is 12.0 Å². The molecule has 2 aromatic heterocycles. The molecule has 0 spiro atoms. The molecular formula is C16H18N6O. The number of rotatable bonds is 2. The number of nitrogens with zero attached hydrogens (tertiary/aromatic N) is 6. The monoisotopic (exact) mass is 310 g/mol. The van der Waals surface area contributed by atoms with Crippen molar-refractivity contribution in [1.82, 2.24) is 29.5 Å². The van der Waals surface area contributed by atoms with Crippen LogP contribution in [0.3, 0.4) is 0 Å². The summed E-state index contributed by atoms with van der Waals surface area (Å²) in [4.78, 5) is 21.0. The van der Waals surface area contributed by atoms with E-state index in [4.69, 9.17) is 0 Å². The molecule has 0 amide bonds. The van der Waals surface area contributed by atoms with Crippen LogP contribution >= 0.6 is 0 Å². The van der Waals surface area contributed by atoms with E-state index in [1.807, 2.05) is 30.3 Å². The lowest BCUT2D eigenvalue weighted by molar-refractivity contribution is 0.236. The molecule has 0 radical (unpaired) electrons. The maximum absolute atomic E-state index is 12.6. The highest BCUT2D eigenvalue weighted by atomic mass is 16.2. The van der Waals surface area contributed by atoms with Gasteiger partial charge in [-0.2, -0.15) is 14.5 Å². The minimum atomic E-state index is -0.392. The van der Waals surface area contributed by atoms with E-state index in [9.17, 15) is 4.79 Å². The van der Waals surface area contributed by atoms with Crippen LogP contribution < -0.4 is 0 Å². The molecule has 118 valence electrons. The number of benzene rings is 1. The highest BCUT2D eigenvalue weighted by Crippen LogP contribution is 2.22. The van der Waals surface area contributed by atoms with Crippen LogP contribution in [0.5, 0.6) is 0 Å². The molecule has 0 atom stereocenters. The minimum absolute atomic E-state index is 0.0264. The van der Waals surface area contributed by atoms with Crippen LogP contribution in [0, 0.1) is 5.41 Å². The Balaban J connectivity index is 2.06. The summed E-state index contributed by atoms with van der Waals surface area (Å²) in [7, 11) is 0. The standard InChI is InChI=1S/C16H18N6O/c1-16(2,3)9-13-19-14(12-7-5-4-6-8-12)20-22(13)15(23)21-11-17-10-18-21/h4-8,10-11H,9H2,1-3H3. The average molecular weight is 310 g/mol. The fourth-order valence-electron chi connectivity index (χ4n) is 2.20. The van der Waals surface area contributed by atoms with E-state index in [0.717, 1.165) is 10.2 Å². The average Bonchev–Trinajstić information content (AvgIpc) is 3.15. The van der Waals surface area contributed by atoms with Gasteiger partial charge in [0.1, 0.15) is 18.5 Å². The first kappa shape index (κ1) is 15.1. The van der Waals surface area contributed by atoms with Gasteiger partial charge in [0.05, 0.1) is 0 Å². The predicted octanol–water partition coefficient (Wildman–Crippen LogP) is 2.64. The van der Waals surface area contributed by atoms with Crippen molar-refractivity contribution in [2.75, 3.05) is 0 Å². The Morgan fingerprint density at radius 2 is 1.91 bits per heavy atom. The topological polar surface area (TPSA) is 78.5 Å². The van der Waals surface area contributed by atoms with Crippen LogP contribution in [0.15, 0.2) is 43.0 Å². The quantitative estimate of drug-likeness (QED) is 0.727. The van der Waals surface area contributed by atoms with Gasteiger partial charge < -0.3 is 0 Å². The number of aromatic nitrogens is 6. The first-order chi connectivity index (χ1) is 10.9. The molecule has 2 heterocycles. The van der Waals surface area contributed by atoms with Crippen molar-refractivity contribution in [2.24, 2.45) is 5.41 Å². The predicted molar refractivity (Wildman–Crippen MR) is 84.8 cm³/mol. The van der Waals surface area contributed by atoms with E-state index in [1.54, 1.807) is 0 Å². The number of carbonyl (C=O) groups is 1. The zero-order valence-electron chi connectivity index (χ0n) is 13.3. The summed E-state index contributed by atoms with van der Waals surface area (Å²) in [6.45, 7) is 6.27. The van der Waals surface area contributed by atoms with Crippen molar-refractivity contribution in [3.63, 3.8) is 0 Å². The summed E-state index contributed by atoms with van der Waals surface area (Å²) in [5.74, 6) is 1.13. The van der Waals surface area contributed by atoms with E-state index >= 15 is 0 Å². The van der Waals surface area contributed by atoms with Gasteiger partial charge in [0.15, 0.2) is 5.82 Å². The summed E-state index contributed by atoms with van der Waals surface area (Å²) >= 11 is 0. The fraction of sp³-hybridized carbons (Fsp3) is 0.312. The van der Waals surface area contributed by atoms with Crippen molar-refractivity contribution in [3.8, 4) is 11.4 Å². The van der Waals surface area contributed by atoms with Crippen molar-refractivity contribution in [3.05, 3.63) is 48.8 Å². The van der Waals surface area contributed by atoms with E-state index in [1.165, 1.54) is 17.3 Å². The molecule has 0 aliphatic rings. The third-order valence-electron chi connectivity index (χ3n) is 3.19. The van der Waals surface area contributed by atoms with Crippen LogP contribution in [0.1, 0.15) is 26.6 Å². The van der Waals surface area contributed by atoms with Crippen LogP contribution in [-0.4, -0.2) is 35.6 Å². The molecule has 0 aliphatic carbocycles. The highest BCUT2D eigenvalue weighted by molar-refractivity contribution is 5.78. The Labute approximate surface area is 134 Å². The highest BCUT2D eigenvalue weighted by Gasteiger charge is 2.23. The van der Waals surface area contributed by atoms with Crippen molar-refractivity contribution in [2.45, 2.75) is 27.2 Å². The molecule has 0 saturated carbocycles. The summed E-state index contributed by atoms with van der Waals surface area (Å²) in [6.07, 6.45) is 3.29. The van der Waals surface area contributed by atoms with Crippen molar-refractivity contribution < 1.29 is 4.79 Å². The lowest BCUT2D eigenvalue weighted by Crippen LogP contribution is -2.25. The van der Waals surface area contributed by atoms with Gasteiger partial charge in [-0.3, -0.25) is 0 Å². The van der Waals surface area contributed by atoms with Gasteiger partial charge in [-0.05, 0) is 5.41 Å². The van der Waals surface area contributed by atoms with Crippen molar-refractivity contribution in [1.29, 1.82) is 0 Å². The maximum atomic E-state index is 12.6. The Morgan fingerprint density at radius 1 is 1.17 bits per heavy atom. The van der Waals surface area contributed by atoms with Crippen LogP contribution in [0.2, 0.25) is 0 Å². The second-order valence-electron chi connectivity index (χ2n) is 6.49. The Kier molecular flexibility index (Phi) is 3.77. The van der Waals surface area contributed by atoms with Gasteiger partial charge >= 0.3 is 6.03 Å². The molecular weight excluding hydrogens is 292 g/mol. The van der Waals surface area contributed by atoms with Crippen LogP contribution in [0.4, 0.5) is 4.79 Å². The van der Waals surface area contributed by atoms with E-state index in [2.05, 4.69) is 40.9 Å². The third-order valence-corrected chi connectivity index (χ3v) is 3.19. The molecule has 0 unspecified atom stereocenters. The Bertz CT molecular complexity index is 799. The van der Waals surface area contributed by atoms with Gasteiger partial charge in [-0.15, -0.1) is 5.10 Å². The number of hydrogen-bond donors (Lipinski definition) is 0. The zero-order chi connectivity index (χ0) is 16.4. The zero-order valence-corrected chi connectivity index (χ0v) is 13.3. The summed E-state index contributed by atoms with van der Waals surface area (Å²) < 4.78 is 2.46. The first-order valence-corrected chi connectivity index (χ1v) is 7.35. The molecule has 23 heavy (non-hydrogen) atoms. The largest absolute Gasteiger partial charge is 0.372 e. The van der Waals surface area contributed by atoms with Crippen LogP contribution in [0.25, 0.3) is 11.4 Å². The summed E-state index contributed by atoms with van der Waals surface area (Å²) in [5, 5.41) is 8.27. The molecule has 1 aromatic carbocycles. The normalized spacial score (nSPS) is 11.6. The molecule has 7 nitrogen and oxygen atoms in total. The Morgan fingerprint density at radius 3 is 2.52 bits per heavy atom. The van der Waals surface area contributed by atoms with Crippen molar-refractivity contribution >= 4 is 6.03 Å². The van der Waals surface area contributed by atoms with Gasteiger partial charge in [0.2, 0.25) is 0 Å². The molecule has 0 bridgehead atoms. The molecule has 0 fully saturated rings. The molecule has 0 N–H and O–H groups in total. The van der Waals surface area contributed by atoms with E-state index in [-0.39, 0.29) is 5.41 Å². The van der Waals surface area contributed by atoms with E-state index in [0.29, 0.717) is 18.1 Å². The van der Waals surface area contributed by atoms with Gasteiger partial charge in [-0.25, -0.2) is 14.8 Å². The second kappa shape index (κ2) is 5.75. The molecule has 0 aliphatic heterocycles. The fourth-order valence-corrected chi connectivity index (χ4v) is 2.20. The van der Waals surface area contributed by atoms with E-state index < -0.39 is 6.03 Å². The van der Waals surface area contributed by atoms with Crippen LogP contribution in [-0.2, 0) is 6.42 Å². The molecule has 7 heteroatoms. The summed E-state index contributed by atoms with van der Waals surface area (Å²) in [5.41, 5.74) is 0.842. The first-order valence-electron chi connectivity index (χ1n) is 7.35. The Hall–Kier alpha value is -2.83. The second-order valence-corrected chi connectivity index (χ2v) is 6.49. The lowest BCUT2D eigenvalue weighted by atomic mass is 9.92. The molecule has 3 rings (SSSR count). The smallest absolute Gasteiger partial charge is 0.243 e. The van der Waals surface area contributed by atoms with Gasteiger partial charge in [0.25, 0.3) is 0 Å². The SMILES string of the molecule is CC(C)(C)Cc1nc(-c2ccccc2)nn1C(=O)n1cncn1. The summed E-state index contributed by atoms with van der Waals surface area (Å²) in [6, 6.07) is 9.20. The lowest BCUT2D eigenvalue weighted by Gasteiger charge is -2.16. The number of carbonyl (C=O) groups excluding carboxylic acids is 1. The minimum Gasteiger partial charge on any atom is -0.243 e. The third kappa shape index (κ3) is 3.33. The molecule has 3 aromatic rings. The maximum Gasteiger partial charge on any atom is 0.372 e. The number of hydrogen-bond acceptors (Lipinski definition) is 5.